The molecule has 4 nitrogen and oxygen atoms in total. The van der Waals surface area contributed by atoms with E-state index in [1.807, 2.05) is 11.4 Å². The maximum atomic E-state index is 12.2. The zero-order valence-electron chi connectivity index (χ0n) is 10.0. The normalized spacial score (nSPS) is 19.2. The second-order valence-electron chi connectivity index (χ2n) is 4.09. The predicted octanol–water partition coefficient (Wildman–Crippen LogP) is 1.92. The molecule has 0 fully saturated rings. The number of nitrogens with one attached hydrogen (secondary N) is 1. The van der Waals surface area contributed by atoms with Crippen molar-refractivity contribution in [3.05, 3.63) is 29.3 Å². The van der Waals surface area contributed by atoms with Crippen molar-refractivity contribution in [2.75, 3.05) is 5.75 Å². The van der Waals surface area contributed by atoms with Crippen molar-refractivity contribution in [3.63, 3.8) is 0 Å². The second kappa shape index (κ2) is 5.22. The number of sulfonamides is 1. The molecule has 6 heteroatoms. The maximum Gasteiger partial charge on any atom is 0.250 e. The molecule has 0 saturated heterocycles. The SMILES string of the molecule is Cc1cccc(S(=O)(=O)NS2=CCCC2)c1C#N. The average Bonchev–Trinajstić information content (AvgIpc) is 2.80. The average molecular weight is 282 g/mol. The molecule has 0 amide bonds. The van der Waals surface area contributed by atoms with Gasteiger partial charge in [-0.05, 0) is 36.8 Å². The third kappa shape index (κ3) is 2.64. The first-order chi connectivity index (χ1) is 8.54. The predicted molar refractivity (Wildman–Crippen MR) is 74.0 cm³/mol. The Hall–Kier alpha value is -1.16. The molecule has 1 aromatic carbocycles. The van der Waals surface area contributed by atoms with Gasteiger partial charge in [0.25, 0.3) is 10.0 Å². The van der Waals surface area contributed by atoms with E-state index in [2.05, 4.69) is 4.13 Å². The smallest absolute Gasteiger partial charge is 0.206 e. The monoisotopic (exact) mass is 282 g/mol. The molecular formula is C12H14N2O2S2. The van der Waals surface area contributed by atoms with E-state index in [0.717, 1.165) is 18.6 Å². The third-order valence-corrected chi connectivity index (χ3v) is 6.76. The van der Waals surface area contributed by atoms with E-state index in [0.29, 0.717) is 5.56 Å². The highest BCUT2D eigenvalue weighted by Crippen LogP contribution is 2.24. The number of hydrogen-bond acceptors (Lipinski definition) is 3. The van der Waals surface area contributed by atoms with E-state index in [1.165, 1.54) is 6.07 Å². The summed E-state index contributed by atoms with van der Waals surface area (Å²) in [6, 6.07) is 6.84. The summed E-state index contributed by atoms with van der Waals surface area (Å²) in [5.74, 6) is 0.854. The molecule has 0 aromatic heterocycles. The van der Waals surface area contributed by atoms with Gasteiger partial charge in [-0.2, -0.15) is 9.39 Å². The Bertz CT molecular complexity index is 643. The lowest BCUT2D eigenvalue weighted by molar-refractivity contribution is 0.594. The van der Waals surface area contributed by atoms with Gasteiger partial charge < -0.3 is 0 Å². The molecule has 18 heavy (non-hydrogen) atoms. The van der Waals surface area contributed by atoms with E-state index in [4.69, 9.17) is 5.26 Å². The molecular weight excluding hydrogens is 268 g/mol. The Morgan fingerprint density at radius 3 is 2.83 bits per heavy atom. The summed E-state index contributed by atoms with van der Waals surface area (Å²) >= 11 is 0. The van der Waals surface area contributed by atoms with Crippen LogP contribution in [0.2, 0.25) is 0 Å². The van der Waals surface area contributed by atoms with Crippen LogP contribution in [0.1, 0.15) is 24.0 Å². The van der Waals surface area contributed by atoms with Crippen LogP contribution in [-0.2, 0) is 10.0 Å². The first-order valence-corrected chi connectivity index (χ1v) is 8.54. The summed E-state index contributed by atoms with van der Waals surface area (Å²) in [6.45, 7) is 1.74. The van der Waals surface area contributed by atoms with Gasteiger partial charge >= 0.3 is 0 Å². The summed E-state index contributed by atoms with van der Waals surface area (Å²) in [7, 11) is -3.99. The maximum absolute atomic E-state index is 12.2. The molecule has 1 atom stereocenters. The molecule has 1 unspecified atom stereocenters. The van der Waals surface area contributed by atoms with E-state index in [1.54, 1.807) is 19.1 Å². The van der Waals surface area contributed by atoms with Crippen molar-refractivity contribution in [3.8, 4) is 6.07 Å². The van der Waals surface area contributed by atoms with Crippen LogP contribution in [-0.4, -0.2) is 19.5 Å². The van der Waals surface area contributed by atoms with E-state index < -0.39 is 10.0 Å². The fourth-order valence-corrected chi connectivity index (χ4v) is 5.74. The number of nitriles is 1. The minimum absolute atomic E-state index is 0.0813. The first-order valence-electron chi connectivity index (χ1n) is 5.60. The summed E-state index contributed by atoms with van der Waals surface area (Å²) < 4.78 is 27.2. The summed E-state index contributed by atoms with van der Waals surface area (Å²) in [5.41, 5.74) is 0.909. The molecule has 1 heterocycles. The Morgan fingerprint density at radius 2 is 2.22 bits per heavy atom. The summed E-state index contributed by atoms with van der Waals surface area (Å²) in [5, 5.41) is 11.1. The Balaban J connectivity index is 2.42. The van der Waals surface area contributed by atoms with Crippen LogP contribution in [0.4, 0.5) is 0 Å². The fraction of sp³-hybridized carbons (Fsp3) is 0.333. The molecule has 1 N–H and O–H groups in total. The number of benzene rings is 1. The molecule has 0 saturated carbocycles. The van der Waals surface area contributed by atoms with Crippen LogP contribution in [0.5, 0.6) is 0 Å². The summed E-state index contributed by atoms with van der Waals surface area (Å²) in [4.78, 5) is 0.0813. The summed E-state index contributed by atoms with van der Waals surface area (Å²) in [6.07, 6.45) is 1.97. The molecule has 0 aliphatic carbocycles. The zero-order chi connectivity index (χ0) is 13.2. The molecule has 2 rings (SSSR count). The molecule has 0 spiro atoms. The minimum atomic E-state index is -3.60. The van der Waals surface area contributed by atoms with Crippen molar-refractivity contribution >= 4 is 26.1 Å². The van der Waals surface area contributed by atoms with Crippen LogP contribution in [0.15, 0.2) is 23.1 Å². The van der Waals surface area contributed by atoms with Gasteiger partial charge in [-0.3, -0.25) is 0 Å². The van der Waals surface area contributed by atoms with Gasteiger partial charge in [0, 0.05) is 5.75 Å². The molecule has 0 radical (unpaired) electrons. The molecule has 1 aliphatic rings. The second-order valence-corrected chi connectivity index (χ2v) is 7.80. The minimum Gasteiger partial charge on any atom is -0.206 e. The molecule has 1 aromatic rings. The van der Waals surface area contributed by atoms with Gasteiger partial charge in [0.1, 0.15) is 11.0 Å². The van der Waals surface area contributed by atoms with Crippen molar-refractivity contribution < 1.29 is 8.42 Å². The lowest BCUT2D eigenvalue weighted by Crippen LogP contribution is -2.20. The highest BCUT2D eigenvalue weighted by atomic mass is 32.3. The largest absolute Gasteiger partial charge is 0.250 e. The zero-order valence-corrected chi connectivity index (χ0v) is 11.6. The van der Waals surface area contributed by atoms with E-state index >= 15 is 0 Å². The standard InChI is InChI=1S/C12H14N2O2S2/c1-10-5-4-6-12(11(10)9-13)18(15,16)14-17-7-2-3-8-17/h4-7,14H,2-3,8H2,1H3. The van der Waals surface area contributed by atoms with Gasteiger partial charge in [-0.1, -0.05) is 12.1 Å². The van der Waals surface area contributed by atoms with Crippen molar-refractivity contribution in [1.82, 2.24) is 4.13 Å². The highest BCUT2D eigenvalue weighted by Gasteiger charge is 2.21. The topological polar surface area (TPSA) is 70.0 Å². The van der Waals surface area contributed by atoms with Gasteiger partial charge in [0.2, 0.25) is 0 Å². The van der Waals surface area contributed by atoms with Crippen LogP contribution in [0.25, 0.3) is 0 Å². The third-order valence-electron chi connectivity index (χ3n) is 2.74. The Kier molecular flexibility index (Phi) is 3.85. The van der Waals surface area contributed by atoms with Crippen molar-refractivity contribution in [2.24, 2.45) is 0 Å². The van der Waals surface area contributed by atoms with Crippen molar-refractivity contribution in [2.45, 2.75) is 24.7 Å². The van der Waals surface area contributed by atoms with Crippen LogP contribution in [0, 0.1) is 18.3 Å². The van der Waals surface area contributed by atoms with Gasteiger partial charge in [0.15, 0.2) is 0 Å². The molecule has 0 bridgehead atoms. The number of rotatable bonds is 3. The molecule has 1 aliphatic heterocycles. The number of hydrogen-bond donors (Lipinski definition) is 1. The lowest BCUT2D eigenvalue weighted by atomic mass is 10.1. The Morgan fingerprint density at radius 1 is 1.44 bits per heavy atom. The number of nitrogens with zero attached hydrogens (tertiary/aromatic N) is 1. The lowest BCUT2D eigenvalue weighted by Gasteiger charge is -2.10. The number of aryl methyl sites for hydroxylation is 1. The van der Waals surface area contributed by atoms with Gasteiger partial charge in [-0.25, -0.2) is 8.42 Å². The van der Waals surface area contributed by atoms with Crippen LogP contribution < -0.4 is 4.13 Å². The quantitative estimate of drug-likeness (QED) is 0.861. The van der Waals surface area contributed by atoms with Crippen LogP contribution >= 0.6 is 10.7 Å². The van der Waals surface area contributed by atoms with Gasteiger partial charge in [-0.15, -0.1) is 10.7 Å². The fourth-order valence-electron chi connectivity index (χ4n) is 1.82. The van der Waals surface area contributed by atoms with Crippen LogP contribution in [0.3, 0.4) is 0 Å². The van der Waals surface area contributed by atoms with Crippen molar-refractivity contribution in [1.29, 1.82) is 5.26 Å². The molecule has 96 valence electrons. The first kappa shape index (κ1) is 13.3. The van der Waals surface area contributed by atoms with E-state index in [-0.39, 0.29) is 21.1 Å². The Labute approximate surface area is 110 Å². The van der Waals surface area contributed by atoms with E-state index in [9.17, 15) is 8.42 Å². The van der Waals surface area contributed by atoms with Gasteiger partial charge in [0.05, 0.1) is 5.56 Å². The highest BCUT2D eigenvalue weighted by molar-refractivity contribution is 8.20.